The second kappa shape index (κ2) is 10.4. The number of pyridine rings is 1. The molecular weight excluding hydrogens is 438 g/mol. The lowest BCUT2D eigenvalue weighted by molar-refractivity contribution is -0.157. The van der Waals surface area contributed by atoms with Crippen molar-refractivity contribution >= 4 is 17.3 Å². The average Bonchev–Trinajstić information content (AvgIpc) is 3.19. The molecule has 1 aliphatic heterocycles. The Morgan fingerprint density at radius 3 is 2.70 bits per heavy atom. The average molecular weight is 468 g/mol. The van der Waals surface area contributed by atoms with Crippen molar-refractivity contribution in [1.29, 1.82) is 0 Å². The van der Waals surface area contributed by atoms with Gasteiger partial charge in [-0.2, -0.15) is 0 Å². The largest absolute Gasteiger partial charge is 0.493 e. The first-order chi connectivity index (χ1) is 16.1. The van der Waals surface area contributed by atoms with Crippen LogP contribution in [0.25, 0.3) is 21.6 Å². The van der Waals surface area contributed by atoms with Gasteiger partial charge in [0, 0.05) is 45.3 Å². The highest BCUT2D eigenvalue weighted by Gasteiger charge is 2.32. The van der Waals surface area contributed by atoms with Gasteiger partial charge in [0.25, 0.3) is 0 Å². The SMILES string of the molecule is CCOC(=O)C(OCC)c1c(C)sc(-c2ccc(OC)nc2)c1-c1ccc2c(c1)CCCO2. The molecule has 174 valence electrons. The number of carbonyl (C=O) groups is 1. The third-order valence-electron chi connectivity index (χ3n) is 5.63. The highest BCUT2D eigenvalue weighted by molar-refractivity contribution is 7.16. The third-order valence-corrected chi connectivity index (χ3v) is 6.80. The fraction of sp³-hybridized carbons (Fsp3) is 0.385. The molecule has 1 atom stereocenters. The number of ether oxygens (including phenoxy) is 4. The molecule has 0 radical (unpaired) electrons. The summed E-state index contributed by atoms with van der Waals surface area (Å²) in [5.74, 6) is 1.11. The van der Waals surface area contributed by atoms with Crippen molar-refractivity contribution in [3.05, 3.63) is 52.5 Å². The Morgan fingerprint density at radius 2 is 2.00 bits per heavy atom. The highest BCUT2D eigenvalue weighted by atomic mass is 32.1. The molecule has 6 nitrogen and oxygen atoms in total. The minimum Gasteiger partial charge on any atom is -0.493 e. The van der Waals surface area contributed by atoms with E-state index in [9.17, 15) is 4.79 Å². The van der Waals surface area contributed by atoms with Crippen molar-refractivity contribution in [3.8, 4) is 33.2 Å². The van der Waals surface area contributed by atoms with E-state index in [1.807, 2.05) is 32.0 Å². The summed E-state index contributed by atoms with van der Waals surface area (Å²) in [6.07, 6.45) is 2.96. The molecule has 1 unspecified atom stereocenters. The number of benzene rings is 1. The van der Waals surface area contributed by atoms with E-state index in [0.29, 0.717) is 19.1 Å². The van der Waals surface area contributed by atoms with E-state index >= 15 is 0 Å². The molecule has 4 rings (SSSR count). The molecular formula is C26H29NO5S. The fourth-order valence-electron chi connectivity index (χ4n) is 4.17. The fourth-order valence-corrected chi connectivity index (χ4v) is 5.36. The zero-order chi connectivity index (χ0) is 23.4. The van der Waals surface area contributed by atoms with Gasteiger partial charge in [0.05, 0.1) is 20.3 Å². The van der Waals surface area contributed by atoms with Gasteiger partial charge in [0.2, 0.25) is 5.88 Å². The normalized spacial score (nSPS) is 13.7. The predicted octanol–water partition coefficient (Wildman–Crippen LogP) is 5.76. The Bertz CT molecular complexity index is 1120. The molecule has 0 amide bonds. The minimum atomic E-state index is -0.798. The number of carbonyl (C=O) groups excluding carboxylic acids is 1. The maximum absolute atomic E-state index is 12.9. The molecule has 1 aromatic carbocycles. The van der Waals surface area contributed by atoms with Crippen molar-refractivity contribution in [2.45, 2.75) is 39.7 Å². The molecule has 0 saturated carbocycles. The van der Waals surface area contributed by atoms with Crippen molar-refractivity contribution in [2.75, 3.05) is 26.9 Å². The monoisotopic (exact) mass is 467 g/mol. The summed E-state index contributed by atoms with van der Waals surface area (Å²) in [5, 5.41) is 0. The number of esters is 1. The number of aryl methyl sites for hydroxylation is 2. The second-order valence-electron chi connectivity index (χ2n) is 7.73. The number of hydrogen-bond acceptors (Lipinski definition) is 7. The molecule has 1 aliphatic rings. The predicted molar refractivity (Wildman–Crippen MR) is 129 cm³/mol. The van der Waals surface area contributed by atoms with Gasteiger partial charge in [-0.25, -0.2) is 9.78 Å². The van der Waals surface area contributed by atoms with Crippen molar-refractivity contribution in [2.24, 2.45) is 0 Å². The maximum atomic E-state index is 12.9. The molecule has 2 aromatic heterocycles. The number of methoxy groups -OCH3 is 1. The highest BCUT2D eigenvalue weighted by Crippen LogP contribution is 2.47. The van der Waals surface area contributed by atoms with Crippen LogP contribution in [0, 0.1) is 6.92 Å². The lowest BCUT2D eigenvalue weighted by Gasteiger charge is -2.21. The van der Waals surface area contributed by atoms with E-state index in [-0.39, 0.29) is 5.97 Å². The zero-order valence-electron chi connectivity index (χ0n) is 19.5. The molecule has 0 N–H and O–H groups in total. The van der Waals surface area contributed by atoms with Gasteiger partial charge in [-0.3, -0.25) is 0 Å². The van der Waals surface area contributed by atoms with E-state index in [1.165, 1.54) is 5.56 Å². The molecule has 0 spiro atoms. The van der Waals surface area contributed by atoms with Gasteiger partial charge < -0.3 is 18.9 Å². The number of hydrogen-bond donors (Lipinski definition) is 0. The van der Waals surface area contributed by atoms with Crippen LogP contribution in [0.15, 0.2) is 36.5 Å². The lowest BCUT2D eigenvalue weighted by atomic mass is 9.92. The van der Waals surface area contributed by atoms with Gasteiger partial charge in [-0.05, 0) is 62.9 Å². The number of nitrogens with zero attached hydrogens (tertiary/aromatic N) is 1. The van der Waals surface area contributed by atoms with Crippen molar-refractivity contribution in [1.82, 2.24) is 4.98 Å². The Balaban J connectivity index is 1.92. The Morgan fingerprint density at radius 1 is 1.18 bits per heavy atom. The van der Waals surface area contributed by atoms with E-state index in [1.54, 1.807) is 31.6 Å². The van der Waals surface area contributed by atoms with E-state index in [4.69, 9.17) is 18.9 Å². The van der Waals surface area contributed by atoms with Crippen molar-refractivity contribution < 1.29 is 23.7 Å². The van der Waals surface area contributed by atoms with Crippen LogP contribution in [0.2, 0.25) is 0 Å². The van der Waals surface area contributed by atoms with E-state index in [0.717, 1.165) is 57.2 Å². The summed E-state index contributed by atoms with van der Waals surface area (Å²) in [7, 11) is 1.60. The standard InChI is InChI=1S/C26H29NO5S/c1-5-30-24(26(28)31-6-2)22-16(3)33-25(19-10-12-21(29-4)27-15-19)23(22)18-9-11-20-17(14-18)8-7-13-32-20/h9-12,14-15,24H,5-8,13H2,1-4H3. The molecule has 0 bridgehead atoms. The number of rotatable bonds is 8. The van der Waals surface area contributed by atoms with Crippen LogP contribution in [0.4, 0.5) is 0 Å². The third kappa shape index (κ3) is 4.75. The summed E-state index contributed by atoms with van der Waals surface area (Å²) < 4.78 is 22.4. The molecule has 3 aromatic rings. The number of fused-ring (bicyclic) bond motifs is 1. The van der Waals surface area contributed by atoms with Crippen LogP contribution < -0.4 is 9.47 Å². The maximum Gasteiger partial charge on any atom is 0.339 e. The smallest absolute Gasteiger partial charge is 0.339 e. The Labute approximate surface area is 198 Å². The van der Waals surface area contributed by atoms with Crippen LogP contribution in [-0.4, -0.2) is 37.9 Å². The quantitative estimate of drug-likeness (QED) is 0.393. The summed E-state index contributed by atoms with van der Waals surface area (Å²) in [6, 6.07) is 10.1. The summed E-state index contributed by atoms with van der Waals surface area (Å²) in [6.45, 7) is 7.16. The Kier molecular flexibility index (Phi) is 7.30. The van der Waals surface area contributed by atoms with E-state index < -0.39 is 6.10 Å². The first kappa shape index (κ1) is 23.3. The van der Waals surface area contributed by atoms with Gasteiger partial charge in [0.15, 0.2) is 6.10 Å². The van der Waals surface area contributed by atoms with Gasteiger partial charge >= 0.3 is 5.97 Å². The van der Waals surface area contributed by atoms with Crippen LogP contribution in [0.5, 0.6) is 11.6 Å². The van der Waals surface area contributed by atoms with Gasteiger partial charge in [-0.1, -0.05) is 6.07 Å². The van der Waals surface area contributed by atoms with Crippen LogP contribution >= 0.6 is 11.3 Å². The summed E-state index contributed by atoms with van der Waals surface area (Å²) in [5.41, 5.74) is 4.99. The molecule has 3 heterocycles. The molecule has 0 saturated heterocycles. The Hall–Kier alpha value is -2.90. The molecule has 7 heteroatoms. The lowest BCUT2D eigenvalue weighted by Crippen LogP contribution is -2.20. The van der Waals surface area contributed by atoms with Gasteiger partial charge in [-0.15, -0.1) is 11.3 Å². The summed E-state index contributed by atoms with van der Waals surface area (Å²) in [4.78, 5) is 19.4. The molecule has 0 aliphatic carbocycles. The van der Waals surface area contributed by atoms with Crippen LogP contribution in [-0.2, 0) is 20.7 Å². The van der Waals surface area contributed by atoms with Crippen molar-refractivity contribution in [3.63, 3.8) is 0 Å². The first-order valence-electron chi connectivity index (χ1n) is 11.2. The summed E-state index contributed by atoms with van der Waals surface area (Å²) >= 11 is 1.63. The number of aromatic nitrogens is 1. The van der Waals surface area contributed by atoms with Gasteiger partial charge in [0.1, 0.15) is 5.75 Å². The topological polar surface area (TPSA) is 66.9 Å². The minimum absolute atomic E-state index is 0.298. The van der Waals surface area contributed by atoms with Crippen LogP contribution in [0.1, 0.15) is 42.4 Å². The van der Waals surface area contributed by atoms with Crippen LogP contribution in [0.3, 0.4) is 0 Å². The number of thiophene rings is 1. The zero-order valence-corrected chi connectivity index (χ0v) is 20.3. The molecule has 0 fully saturated rings. The first-order valence-corrected chi connectivity index (χ1v) is 12.1. The molecule has 33 heavy (non-hydrogen) atoms. The van der Waals surface area contributed by atoms with E-state index in [2.05, 4.69) is 17.1 Å². The second-order valence-corrected chi connectivity index (χ2v) is 8.95.